The van der Waals surface area contributed by atoms with Crippen LogP contribution >= 0.6 is 0 Å². The topological polar surface area (TPSA) is 44.4 Å². The fraction of sp³-hybridized carbons (Fsp3) is 0.923. The molecule has 0 aromatic heterocycles. The van der Waals surface area contributed by atoms with Gasteiger partial charge >= 0.3 is 0 Å². The minimum absolute atomic E-state index is 0.133. The second kappa shape index (κ2) is 6.97. The van der Waals surface area contributed by atoms with Gasteiger partial charge in [-0.1, -0.05) is 0 Å². The minimum Gasteiger partial charge on any atom is -0.352 e. The minimum atomic E-state index is 0.133. The molecule has 1 amide bonds. The average Bonchev–Trinajstić information content (AvgIpc) is 3.00. The molecule has 0 unspecified atom stereocenters. The van der Waals surface area contributed by atoms with E-state index in [1.165, 1.54) is 0 Å². The highest BCUT2D eigenvalue weighted by molar-refractivity contribution is 5.78. The summed E-state index contributed by atoms with van der Waals surface area (Å²) in [5.74, 6) is 0.133. The number of hydrogen-bond acceptors (Lipinski definition) is 3. The number of nitrogens with zero attached hydrogens (tertiary/aromatic N) is 1. The molecule has 17 heavy (non-hydrogen) atoms. The normalized spacial score (nSPS) is 15.9. The molecular formula is C13H27N3O. The number of hydrogen-bond donors (Lipinski definition) is 2. The second-order valence-electron chi connectivity index (χ2n) is 5.44. The molecule has 0 spiro atoms. The quantitative estimate of drug-likeness (QED) is 0.623. The average molecular weight is 241 g/mol. The number of carbonyl (C=O) groups is 1. The SMILES string of the molecule is CC(C)N(CCNCC(=O)NC1CC1)C(C)C. The molecule has 4 nitrogen and oxygen atoms in total. The third kappa shape index (κ3) is 6.03. The summed E-state index contributed by atoms with van der Waals surface area (Å²) in [4.78, 5) is 13.8. The van der Waals surface area contributed by atoms with Crippen LogP contribution in [0.2, 0.25) is 0 Å². The summed E-state index contributed by atoms with van der Waals surface area (Å²) in [5.41, 5.74) is 0. The Balaban J connectivity index is 2.06. The van der Waals surface area contributed by atoms with Gasteiger partial charge in [0, 0.05) is 31.2 Å². The molecule has 4 heteroatoms. The van der Waals surface area contributed by atoms with Crippen molar-refractivity contribution in [1.29, 1.82) is 0 Å². The first-order chi connectivity index (χ1) is 8.00. The Morgan fingerprint density at radius 3 is 2.29 bits per heavy atom. The Morgan fingerprint density at radius 1 is 1.24 bits per heavy atom. The van der Waals surface area contributed by atoms with Gasteiger partial charge in [0.25, 0.3) is 0 Å². The van der Waals surface area contributed by atoms with Gasteiger partial charge in [0.2, 0.25) is 5.91 Å². The first kappa shape index (κ1) is 14.5. The molecule has 0 aromatic rings. The van der Waals surface area contributed by atoms with Gasteiger partial charge in [-0.2, -0.15) is 0 Å². The smallest absolute Gasteiger partial charge is 0.234 e. The molecule has 1 fully saturated rings. The van der Waals surface area contributed by atoms with Crippen molar-refractivity contribution in [2.24, 2.45) is 0 Å². The van der Waals surface area contributed by atoms with Crippen LogP contribution in [0.4, 0.5) is 0 Å². The van der Waals surface area contributed by atoms with Crippen LogP contribution in [-0.2, 0) is 4.79 Å². The first-order valence-electron chi connectivity index (χ1n) is 6.76. The lowest BCUT2D eigenvalue weighted by Gasteiger charge is -2.30. The Kier molecular flexibility index (Phi) is 5.92. The summed E-state index contributed by atoms with van der Waals surface area (Å²) in [6.07, 6.45) is 2.31. The maximum atomic E-state index is 11.4. The molecule has 0 aromatic carbocycles. The zero-order valence-corrected chi connectivity index (χ0v) is 11.6. The number of amides is 1. The monoisotopic (exact) mass is 241 g/mol. The van der Waals surface area contributed by atoms with Crippen molar-refractivity contribution in [1.82, 2.24) is 15.5 Å². The molecule has 0 atom stereocenters. The van der Waals surface area contributed by atoms with Crippen molar-refractivity contribution in [2.45, 2.75) is 58.7 Å². The van der Waals surface area contributed by atoms with Crippen LogP contribution in [0.3, 0.4) is 0 Å². The highest BCUT2D eigenvalue weighted by Gasteiger charge is 2.22. The molecule has 2 N–H and O–H groups in total. The maximum Gasteiger partial charge on any atom is 0.234 e. The van der Waals surface area contributed by atoms with E-state index in [4.69, 9.17) is 0 Å². The van der Waals surface area contributed by atoms with Gasteiger partial charge in [-0.05, 0) is 40.5 Å². The third-order valence-electron chi connectivity index (χ3n) is 3.10. The van der Waals surface area contributed by atoms with Crippen molar-refractivity contribution in [3.05, 3.63) is 0 Å². The van der Waals surface area contributed by atoms with Gasteiger partial charge in [0.05, 0.1) is 6.54 Å². The Hall–Kier alpha value is -0.610. The van der Waals surface area contributed by atoms with Crippen molar-refractivity contribution < 1.29 is 4.79 Å². The molecule has 0 bridgehead atoms. The van der Waals surface area contributed by atoms with Gasteiger partial charge in [0.1, 0.15) is 0 Å². The zero-order valence-electron chi connectivity index (χ0n) is 11.6. The van der Waals surface area contributed by atoms with Gasteiger partial charge in [-0.3, -0.25) is 9.69 Å². The van der Waals surface area contributed by atoms with E-state index in [9.17, 15) is 4.79 Å². The summed E-state index contributed by atoms with van der Waals surface area (Å²) in [7, 11) is 0. The lowest BCUT2D eigenvalue weighted by atomic mass is 10.2. The number of rotatable bonds is 8. The fourth-order valence-electron chi connectivity index (χ4n) is 2.03. The van der Waals surface area contributed by atoms with Crippen LogP contribution in [-0.4, -0.2) is 48.6 Å². The van der Waals surface area contributed by atoms with E-state index >= 15 is 0 Å². The molecule has 0 saturated heterocycles. The predicted molar refractivity (Wildman–Crippen MR) is 71.0 cm³/mol. The van der Waals surface area contributed by atoms with E-state index in [0.29, 0.717) is 24.7 Å². The molecule has 1 rings (SSSR count). The molecule has 100 valence electrons. The third-order valence-corrected chi connectivity index (χ3v) is 3.10. The summed E-state index contributed by atoms with van der Waals surface area (Å²) in [6, 6.07) is 1.57. The zero-order chi connectivity index (χ0) is 12.8. The molecule has 1 aliphatic rings. The molecular weight excluding hydrogens is 214 g/mol. The molecule has 1 saturated carbocycles. The summed E-state index contributed by atoms with van der Waals surface area (Å²) >= 11 is 0. The van der Waals surface area contributed by atoms with Crippen LogP contribution in [0.5, 0.6) is 0 Å². The van der Waals surface area contributed by atoms with E-state index in [2.05, 4.69) is 43.2 Å². The lowest BCUT2D eigenvalue weighted by molar-refractivity contribution is -0.120. The van der Waals surface area contributed by atoms with Crippen LogP contribution < -0.4 is 10.6 Å². The van der Waals surface area contributed by atoms with Gasteiger partial charge < -0.3 is 10.6 Å². The highest BCUT2D eigenvalue weighted by Crippen LogP contribution is 2.18. The Morgan fingerprint density at radius 2 is 1.82 bits per heavy atom. The van der Waals surface area contributed by atoms with E-state index in [1.807, 2.05) is 0 Å². The van der Waals surface area contributed by atoms with E-state index in [1.54, 1.807) is 0 Å². The summed E-state index contributed by atoms with van der Waals surface area (Å²) in [6.45, 7) is 11.1. The maximum absolute atomic E-state index is 11.4. The van der Waals surface area contributed by atoms with Crippen LogP contribution in [0, 0.1) is 0 Å². The summed E-state index contributed by atoms with van der Waals surface area (Å²) < 4.78 is 0. The first-order valence-corrected chi connectivity index (χ1v) is 6.76. The van der Waals surface area contributed by atoms with Crippen LogP contribution in [0.15, 0.2) is 0 Å². The number of carbonyl (C=O) groups excluding carboxylic acids is 1. The van der Waals surface area contributed by atoms with Crippen molar-refractivity contribution in [3.8, 4) is 0 Å². The van der Waals surface area contributed by atoms with Crippen molar-refractivity contribution in [3.63, 3.8) is 0 Å². The van der Waals surface area contributed by atoms with E-state index in [0.717, 1.165) is 25.9 Å². The van der Waals surface area contributed by atoms with Crippen LogP contribution in [0.25, 0.3) is 0 Å². The van der Waals surface area contributed by atoms with Crippen LogP contribution in [0.1, 0.15) is 40.5 Å². The predicted octanol–water partition coefficient (Wildman–Crippen LogP) is 0.973. The molecule has 1 aliphatic carbocycles. The largest absolute Gasteiger partial charge is 0.352 e. The standard InChI is InChI=1S/C13H27N3O/c1-10(2)16(11(3)4)8-7-14-9-13(17)15-12-5-6-12/h10-12,14H,5-9H2,1-4H3,(H,15,17). The second-order valence-corrected chi connectivity index (χ2v) is 5.44. The highest BCUT2D eigenvalue weighted by atomic mass is 16.2. The number of nitrogens with one attached hydrogen (secondary N) is 2. The van der Waals surface area contributed by atoms with Gasteiger partial charge in [0.15, 0.2) is 0 Å². The molecule has 0 heterocycles. The Labute approximate surface area is 105 Å². The van der Waals surface area contributed by atoms with Crippen molar-refractivity contribution >= 4 is 5.91 Å². The lowest BCUT2D eigenvalue weighted by Crippen LogP contribution is -2.43. The van der Waals surface area contributed by atoms with Gasteiger partial charge in [-0.25, -0.2) is 0 Å². The Bertz CT molecular complexity index is 229. The summed E-state index contributed by atoms with van der Waals surface area (Å²) in [5, 5.41) is 6.18. The van der Waals surface area contributed by atoms with E-state index < -0.39 is 0 Å². The van der Waals surface area contributed by atoms with E-state index in [-0.39, 0.29) is 5.91 Å². The molecule has 0 aliphatic heterocycles. The molecule has 0 radical (unpaired) electrons. The fourth-order valence-corrected chi connectivity index (χ4v) is 2.03. The van der Waals surface area contributed by atoms with Gasteiger partial charge in [-0.15, -0.1) is 0 Å². The van der Waals surface area contributed by atoms with Crippen molar-refractivity contribution in [2.75, 3.05) is 19.6 Å².